The molecule has 1 amide bonds. The van der Waals surface area contributed by atoms with Gasteiger partial charge in [-0.2, -0.15) is 15.3 Å². The summed E-state index contributed by atoms with van der Waals surface area (Å²) in [6.45, 7) is 8.66. The van der Waals surface area contributed by atoms with Crippen molar-refractivity contribution in [2.24, 2.45) is 0 Å². The number of hydrogen-bond donors (Lipinski definition) is 4. The molecule has 0 aliphatic carbocycles. The number of nitrogen functional groups attached to an aromatic ring is 1. The summed E-state index contributed by atoms with van der Waals surface area (Å²) >= 11 is 18.0. The third kappa shape index (κ3) is 16.1. The Morgan fingerprint density at radius 1 is 0.634 bits per heavy atom. The minimum absolute atomic E-state index is 0. The number of halogens is 3. The van der Waals surface area contributed by atoms with Crippen LogP contribution in [0.3, 0.4) is 0 Å². The fourth-order valence-corrected chi connectivity index (χ4v) is 9.09. The van der Waals surface area contributed by atoms with E-state index in [1.807, 2.05) is 86.6 Å². The number of aldehydes is 1. The summed E-state index contributed by atoms with van der Waals surface area (Å²) in [5, 5.41) is 39.2. The van der Waals surface area contributed by atoms with Gasteiger partial charge in [0, 0.05) is 74.0 Å². The van der Waals surface area contributed by atoms with E-state index in [9.17, 15) is 29.4 Å². The second-order valence-corrected chi connectivity index (χ2v) is 19.3. The topological polar surface area (TPSA) is 270 Å². The van der Waals surface area contributed by atoms with Crippen LogP contribution in [-0.2, 0) is 48.9 Å². The van der Waals surface area contributed by atoms with Gasteiger partial charge in [-0.1, -0.05) is 53.0 Å². The van der Waals surface area contributed by atoms with Crippen molar-refractivity contribution in [3.63, 3.8) is 0 Å². The molecule has 20 nitrogen and oxygen atoms in total. The summed E-state index contributed by atoms with van der Waals surface area (Å²) < 4.78 is 14.7. The molecule has 82 heavy (non-hydrogen) atoms. The van der Waals surface area contributed by atoms with E-state index >= 15 is 0 Å². The molecule has 0 spiro atoms. The molecule has 3 aromatic carbocycles. The average Bonchev–Trinajstić information content (AvgIpc) is 4.18. The van der Waals surface area contributed by atoms with Crippen molar-refractivity contribution in [2.45, 2.75) is 67.1 Å². The first-order chi connectivity index (χ1) is 38.5. The van der Waals surface area contributed by atoms with Crippen molar-refractivity contribution >= 4 is 106 Å². The molecule has 7 aromatic heterocycles. The molecule has 10 rings (SSSR count). The molecule has 7 heterocycles. The van der Waals surface area contributed by atoms with E-state index in [0.717, 1.165) is 66.2 Å². The number of esters is 2. The molecule has 0 atom stereocenters. The molecular formula is C57H54BCl3N12NaO8. The minimum Gasteiger partial charge on any atom is -1.00 e. The first kappa shape index (κ1) is 63.6. The van der Waals surface area contributed by atoms with E-state index in [0.29, 0.717) is 70.3 Å². The third-order valence-corrected chi connectivity index (χ3v) is 12.9. The van der Waals surface area contributed by atoms with Gasteiger partial charge in [-0.05, 0) is 116 Å². The number of aliphatic hydroxyl groups excluding tert-OH is 2. The molecular weight excluding hydrogens is 1120 g/mol. The van der Waals surface area contributed by atoms with Gasteiger partial charge >= 0.3 is 41.5 Å². The predicted octanol–water partition coefficient (Wildman–Crippen LogP) is 5.81. The second kappa shape index (κ2) is 29.4. The standard InChI is InChI=1S/C23H23ClN6O2.C17H16ClN3O3.C17H14ClN3O3.B.Na.H/c1-13-5-22(25)28-14(2)18(13)9-27-23(32)19-11-30(29-21(19)12-31)10-15-3-4-20-16(6-15)7-17(24)8-26-20;2*1-2-24-17(23)14-9-21(20-16(14)10-22)8-11-3-4-15-12(5-11)6-13(18)7-19-15;;;/h3-8,11,31H,9-10,12H2,1-2H3,(H2,25,28)(H,27,32);3-7,9,22H,2,8,10H2,1H3;3-7,9-10H,2,8H2,1H3;;;/q;;;;+1;-1. The maximum absolute atomic E-state index is 12.8. The van der Waals surface area contributed by atoms with Crippen LogP contribution in [0.2, 0.25) is 15.1 Å². The number of anilines is 1. The Kier molecular flexibility index (Phi) is 22.8. The Morgan fingerprint density at radius 3 is 1.48 bits per heavy atom. The molecule has 25 heteroatoms. The normalized spacial score (nSPS) is 10.7. The van der Waals surface area contributed by atoms with Crippen molar-refractivity contribution in [1.29, 1.82) is 0 Å². The first-order valence-corrected chi connectivity index (χ1v) is 26.0. The molecule has 0 aliphatic rings. The quantitative estimate of drug-likeness (QED) is 0.0505. The van der Waals surface area contributed by atoms with Crippen molar-refractivity contribution in [3.8, 4) is 0 Å². The Hall–Kier alpha value is -7.60. The number of fused-ring (bicyclic) bond motifs is 3. The molecule has 5 N–H and O–H groups in total. The van der Waals surface area contributed by atoms with Crippen LogP contribution in [0, 0.1) is 13.8 Å². The molecule has 0 saturated heterocycles. The number of aryl methyl sites for hydroxylation is 2. The molecule has 0 bridgehead atoms. The zero-order valence-corrected chi connectivity index (χ0v) is 49.6. The second-order valence-electron chi connectivity index (χ2n) is 18.0. The fourth-order valence-electron chi connectivity index (χ4n) is 8.60. The zero-order chi connectivity index (χ0) is 57.0. The number of nitrogens with zero attached hydrogens (tertiary/aromatic N) is 10. The van der Waals surface area contributed by atoms with Crippen LogP contribution in [0.4, 0.5) is 5.82 Å². The van der Waals surface area contributed by atoms with Crippen LogP contribution in [0.5, 0.6) is 0 Å². The number of nitrogens with one attached hydrogen (secondary N) is 1. The molecule has 0 unspecified atom stereocenters. The minimum atomic E-state index is -0.555. The molecule has 0 saturated carbocycles. The van der Waals surface area contributed by atoms with Crippen LogP contribution in [0.1, 0.15) is 102 Å². The Labute approximate surface area is 511 Å². The number of benzene rings is 3. The van der Waals surface area contributed by atoms with Gasteiger partial charge in [0.05, 0.1) is 83.2 Å². The Bertz CT molecular complexity index is 3920. The summed E-state index contributed by atoms with van der Waals surface area (Å²) in [4.78, 5) is 64.7. The summed E-state index contributed by atoms with van der Waals surface area (Å²) in [6.07, 6.45) is 10.1. The maximum atomic E-state index is 12.8. The van der Waals surface area contributed by atoms with E-state index in [4.69, 9.17) is 50.0 Å². The van der Waals surface area contributed by atoms with Crippen LogP contribution in [0.25, 0.3) is 32.7 Å². The van der Waals surface area contributed by atoms with Gasteiger partial charge in [0.1, 0.15) is 34.0 Å². The van der Waals surface area contributed by atoms with Gasteiger partial charge in [0.25, 0.3) is 5.91 Å². The first-order valence-electron chi connectivity index (χ1n) is 24.9. The van der Waals surface area contributed by atoms with E-state index in [1.165, 1.54) is 10.9 Å². The van der Waals surface area contributed by atoms with E-state index < -0.39 is 11.9 Å². The SMILES string of the molecule is CCOC(=O)c1cn(Cc2ccc3ncc(Cl)cc3c2)nc1C=O.CCOC(=O)c1cn(Cc2ccc3ncc(Cl)cc3c2)nc1CO.Cc1cc(N)nc(C)c1CNC(=O)c1cn(Cc2ccc3ncc(Cl)cc3c2)nc1CO.[B].[H-].[Na+]. The summed E-state index contributed by atoms with van der Waals surface area (Å²) in [5.41, 5.74) is 15.3. The largest absolute Gasteiger partial charge is 1.00 e. The number of ether oxygens (including phenoxy) is 2. The van der Waals surface area contributed by atoms with Gasteiger partial charge in [-0.25, -0.2) is 14.6 Å². The van der Waals surface area contributed by atoms with E-state index in [-0.39, 0.29) is 88.6 Å². The smallest absolute Gasteiger partial charge is 1.00 e. The summed E-state index contributed by atoms with van der Waals surface area (Å²) in [7, 11) is 0. The number of carbonyl (C=O) groups excluding carboxylic acids is 4. The average molecular weight is 1180 g/mol. The van der Waals surface area contributed by atoms with Gasteiger partial charge in [0.15, 0.2) is 6.29 Å². The summed E-state index contributed by atoms with van der Waals surface area (Å²) in [6, 6.07) is 24.7. The summed E-state index contributed by atoms with van der Waals surface area (Å²) in [5.74, 6) is -0.904. The van der Waals surface area contributed by atoms with Crippen molar-refractivity contribution in [1.82, 2.24) is 54.6 Å². The van der Waals surface area contributed by atoms with Crippen molar-refractivity contribution < 1.29 is 69.8 Å². The van der Waals surface area contributed by atoms with Gasteiger partial charge in [-0.3, -0.25) is 38.6 Å². The van der Waals surface area contributed by atoms with E-state index in [1.54, 1.807) is 60.3 Å². The van der Waals surface area contributed by atoms with Crippen molar-refractivity contribution in [3.05, 3.63) is 198 Å². The Balaban J connectivity index is 0.000000227. The number of nitrogens with two attached hydrogens (primary N) is 1. The molecule has 10 aromatic rings. The predicted molar refractivity (Wildman–Crippen MR) is 310 cm³/mol. The zero-order valence-electron chi connectivity index (χ0n) is 46.3. The van der Waals surface area contributed by atoms with Gasteiger partial charge in [0.2, 0.25) is 0 Å². The monoisotopic (exact) mass is 1170 g/mol. The number of aliphatic hydroxyl groups is 2. The maximum Gasteiger partial charge on any atom is 1.00 e. The van der Waals surface area contributed by atoms with Crippen LogP contribution >= 0.6 is 34.8 Å². The number of rotatable bonds is 16. The molecule has 3 radical (unpaired) electrons. The molecule has 415 valence electrons. The van der Waals surface area contributed by atoms with Gasteiger partial charge in [-0.15, -0.1) is 0 Å². The third-order valence-electron chi connectivity index (χ3n) is 12.3. The van der Waals surface area contributed by atoms with Crippen molar-refractivity contribution in [2.75, 3.05) is 18.9 Å². The van der Waals surface area contributed by atoms with Crippen LogP contribution < -0.4 is 40.6 Å². The number of hydrogen-bond acceptors (Lipinski definition) is 16. The van der Waals surface area contributed by atoms with E-state index in [2.05, 4.69) is 40.5 Å². The number of carbonyl (C=O) groups is 4. The van der Waals surface area contributed by atoms with Gasteiger partial charge < -0.3 is 32.2 Å². The molecule has 0 fully saturated rings. The number of amides is 1. The Morgan fingerprint density at radius 2 is 1.05 bits per heavy atom. The molecule has 0 aliphatic heterocycles. The fraction of sp³-hybridized carbons (Fsp3) is 0.211. The number of pyridine rings is 4. The van der Waals surface area contributed by atoms with Crippen LogP contribution in [-0.4, -0.2) is 105 Å². The van der Waals surface area contributed by atoms with Crippen LogP contribution in [0.15, 0.2) is 116 Å². The number of aromatic nitrogens is 10.